The van der Waals surface area contributed by atoms with Crippen molar-refractivity contribution in [2.24, 2.45) is 7.05 Å². The maximum atomic E-state index is 12.0. The molecule has 2 rings (SSSR count). The van der Waals surface area contributed by atoms with Gasteiger partial charge in [0.05, 0.1) is 23.5 Å². The molecule has 25 heavy (non-hydrogen) atoms. The van der Waals surface area contributed by atoms with Gasteiger partial charge in [0.25, 0.3) is 6.20 Å². The minimum atomic E-state index is -0.593. The van der Waals surface area contributed by atoms with E-state index in [0.717, 1.165) is 11.8 Å². The van der Waals surface area contributed by atoms with Gasteiger partial charge in [-0.15, -0.1) is 0 Å². The van der Waals surface area contributed by atoms with Crippen LogP contribution in [0.4, 0.5) is 5.88 Å². The number of hydrogen-bond acceptors (Lipinski definition) is 8. The van der Waals surface area contributed by atoms with Crippen LogP contribution in [0.2, 0.25) is 0 Å². The van der Waals surface area contributed by atoms with Crippen LogP contribution in [-0.2, 0) is 16.6 Å². The predicted octanol–water partition coefficient (Wildman–Crippen LogP) is 0.982. The van der Waals surface area contributed by atoms with Crippen LogP contribution in [0.5, 0.6) is 0 Å². The quantitative estimate of drug-likeness (QED) is 0.458. The molecule has 1 amide bonds. The number of esters is 1. The van der Waals surface area contributed by atoms with Crippen molar-refractivity contribution in [1.82, 2.24) is 10.3 Å². The highest BCUT2D eigenvalue weighted by Gasteiger charge is 2.20. The van der Waals surface area contributed by atoms with Crippen LogP contribution in [0.15, 0.2) is 21.8 Å². The summed E-state index contributed by atoms with van der Waals surface area (Å²) in [4.78, 5) is 28.2. The van der Waals surface area contributed by atoms with Crippen LogP contribution in [0.25, 0.3) is 0 Å². The Morgan fingerprint density at radius 3 is 2.88 bits per heavy atom. The smallest absolute Gasteiger partial charge is 0.339 e. The lowest BCUT2D eigenvalue weighted by molar-refractivity contribution is -0.739. The second-order valence-corrected chi connectivity index (χ2v) is 5.86. The Bertz CT molecular complexity index is 843. The Labute approximate surface area is 147 Å². The largest absolute Gasteiger partial charge is 0.462 e. The number of aryl methyl sites for hydroxylation is 2. The van der Waals surface area contributed by atoms with Gasteiger partial charge in [-0.1, -0.05) is 16.4 Å². The molecule has 9 nitrogen and oxygen atoms in total. The predicted molar refractivity (Wildman–Crippen MR) is 86.7 cm³/mol. The Hall–Kier alpha value is -2.93. The van der Waals surface area contributed by atoms with Crippen molar-refractivity contribution < 1.29 is 23.5 Å². The van der Waals surface area contributed by atoms with Gasteiger partial charge in [-0.25, -0.2) is 9.78 Å². The normalized spacial score (nSPS) is 10.2. The number of amides is 1. The van der Waals surface area contributed by atoms with Crippen LogP contribution in [-0.4, -0.2) is 34.5 Å². The van der Waals surface area contributed by atoms with Crippen LogP contribution < -0.4 is 10.00 Å². The lowest BCUT2D eigenvalue weighted by Crippen LogP contribution is -2.28. The summed E-state index contributed by atoms with van der Waals surface area (Å²) >= 11 is 1.05. The molecule has 130 valence electrons. The highest BCUT2D eigenvalue weighted by Crippen LogP contribution is 2.24. The summed E-state index contributed by atoms with van der Waals surface area (Å²) in [6.45, 7) is 3.58. The van der Waals surface area contributed by atoms with Gasteiger partial charge >= 0.3 is 11.9 Å². The lowest BCUT2D eigenvalue weighted by Gasteiger charge is -2.09. The Morgan fingerprint density at radius 1 is 1.52 bits per heavy atom. The first-order valence-corrected chi connectivity index (χ1v) is 8.27. The van der Waals surface area contributed by atoms with Crippen LogP contribution in [0.3, 0.4) is 0 Å². The number of nitrogens with zero attached hydrogens (tertiary/aromatic N) is 4. The summed E-state index contributed by atoms with van der Waals surface area (Å²) < 4.78 is 11.2. The van der Waals surface area contributed by atoms with Crippen molar-refractivity contribution in [3.05, 3.63) is 29.1 Å². The Kier molecular flexibility index (Phi) is 6.08. The summed E-state index contributed by atoms with van der Waals surface area (Å²) in [7, 11) is 1.65. The van der Waals surface area contributed by atoms with E-state index in [1.165, 1.54) is 16.9 Å². The maximum Gasteiger partial charge on any atom is 0.339 e. The van der Waals surface area contributed by atoms with E-state index in [-0.39, 0.29) is 35.3 Å². The number of nitriles is 1. The SMILES string of the molecule is CCOC(=O)c1cc(C)nc(SCC(=O)Nc2c[n+](C)no2)c1C#N. The minimum Gasteiger partial charge on any atom is -0.462 e. The molecule has 0 spiro atoms. The topological polar surface area (TPSA) is 122 Å². The van der Waals surface area contributed by atoms with E-state index in [1.807, 2.05) is 6.07 Å². The molecular formula is C15H16N5O4S+. The van der Waals surface area contributed by atoms with E-state index in [1.54, 1.807) is 20.9 Å². The molecule has 0 bridgehead atoms. The third-order valence-corrected chi connectivity index (χ3v) is 3.87. The van der Waals surface area contributed by atoms with E-state index in [2.05, 4.69) is 15.6 Å². The minimum absolute atomic E-state index is 0.0161. The van der Waals surface area contributed by atoms with Gasteiger partial charge in [0.1, 0.15) is 11.1 Å². The number of pyridine rings is 1. The summed E-state index contributed by atoms with van der Waals surface area (Å²) in [6.07, 6.45) is 1.51. The number of aromatic nitrogens is 3. The summed E-state index contributed by atoms with van der Waals surface area (Å²) in [5.41, 5.74) is 0.780. The van der Waals surface area contributed by atoms with E-state index in [0.29, 0.717) is 10.7 Å². The zero-order valence-electron chi connectivity index (χ0n) is 13.9. The summed E-state index contributed by atoms with van der Waals surface area (Å²) in [5.74, 6) is -0.757. The standard InChI is InChI=1S/C15H15N5O4S/c1-4-23-15(22)10-5-9(2)17-14(11(10)6-16)25-8-12(21)18-13-7-20(3)19-24-13/h5,7H,4,8H2,1-3H3/p+1. The van der Waals surface area contributed by atoms with E-state index < -0.39 is 5.97 Å². The molecule has 0 aliphatic carbocycles. The fraction of sp³-hybridized carbons (Fsp3) is 0.333. The van der Waals surface area contributed by atoms with Crippen LogP contribution in [0.1, 0.15) is 28.5 Å². The Balaban J connectivity index is 2.14. The third kappa shape index (κ3) is 4.77. The molecule has 0 saturated heterocycles. The van der Waals surface area contributed by atoms with Gasteiger partial charge in [0.15, 0.2) is 12.3 Å². The van der Waals surface area contributed by atoms with Crippen LogP contribution >= 0.6 is 11.8 Å². The maximum absolute atomic E-state index is 12.0. The van der Waals surface area contributed by atoms with E-state index in [9.17, 15) is 14.9 Å². The van der Waals surface area contributed by atoms with Gasteiger partial charge in [0, 0.05) is 5.69 Å². The highest BCUT2D eigenvalue weighted by molar-refractivity contribution is 8.00. The molecule has 0 fully saturated rings. The number of ether oxygens (including phenoxy) is 1. The first kappa shape index (κ1) is 18.4. The van der Waals surface area contributed by atoms with Crippen molar-refractivity contribution >= 4 is 29.5 Å². The number of anilines is 1. The third-order valence-electron chi connectivity index (χ3n) is 2.90. The second-order valence-electron chi connectivity index (χ2n) is 4.90. The van der Waals surface area contributed by atoms with Gasteiger partial charge in [-0.3, -0.25) is 14.6 Å². The van der Waals surface area contributed by atoms with Crippen molar-refractivity contribution in [3.63, 3.8) is 0 Å². The first-order valence-electron chi connectivity index (χ1n) is 7.28. The molecule has 1 N–H and O–H groups in total. The molecule has 0 atom stereocenters. The van der Waals surface area contributed by atoms with Crippen molar-refractivity contribution in [3.8, 4) is 6.07 Å². The van der Waals surface area contributed by atoms with Gasteiger partial charge in [-0.2, -0.15) is 5.26 Å². The summed E-state index contributed by atoms with van der Waals surface area (Å²) in [6, 6.07) is 3.45. The van der Waals surface area contributed by atoms with Crippen molar-refractivity contribution in [1.29, 1.82) is 5.26 Å². The van der Waals surface area contributed by atoms with E-state index in [4.69, 9.17) is 9.26 Å². The summed E-state index contributed by atoms with van der Waals surface area (Å²) in [5, 5.41) is 15.8. The molecule has 2 heterocycles. The second kappa shape index (κ2) is 8.25. The molecule has 0 aromatic carbocycles. The van der Waals surface area contributed by atoms with Gasteiger partial charge in [0.2, 0.25) is 5.91 Å². The number of carbonyl (C=O) groups is 2. The molecule has 2 aromatic heterocycles. The molecule has 2 aromatic rings. The highest BCUT2D eigenvalue weighted by atomic mass is 32.2. The molecular weight excluding hydrogens is 346 g/mol. The fourth-order valence-corrected chi connectivity index (χ4v) is 2.76. The fourth-order valence-electron chi connectivity index (χ4n) is 1.91. The number of hydrogen-bond donors (Lipinski definition) is 1. The van der Waals surface area contributed by atoms with Crippen molar-refractivity contribution in [2.75, 3.05) is 17.7 Å². The molecule has 0 aliphatic rings. The molecule has 0 aliphatic heterocycles. The number of thioether (sulfide) groups is 1. The zero-order valence-corrected chi connectivity index (χ0v) is 14.7. The Morgan fingerprint density at radius 2 is 2.28 bits per heavy atom. The van der Waals surface area contributed by atoms with Crippen molar-refractivity contribution in [2.45, 2.75) is 18.9 Å². The average Bonchev–Trinajstić information content (AvgIpc) is 2.97. The van der Waals surface area contributed by atoms with Gasteiger partial charge in [-0.05, 0) is 19.9 Å². The van der Waals surface area contributed by atoms with Gasteiger partial charge < -0.3 is 4.74 Å². The zero-order chi connectivity index (χ0) is 18.4. The lowest BCUT2D eigenvalue weighted by atomic mass is 10.1. The molecule has 0 unspecified atom stereocenters. The average molecular weight is 362 g/mol. The first-order chi connectivity index (χ1) is 11.9. The molecule has 0 saturated carbocycles. The molecule has 0 radical (unpaired) electrons. The van der Waals surface area contributed by atoms with E-state index >= 15 is 0 Å². The monoisotopic (exact) mass is 362 g/mol. The number of rotatable bonds is 6. The van der Waals surface area contributed by atoms with Crippen LogP contribution in [0, 0.1) is 18.3 Å². The molecule has 10 heteroatoms. The number of carbonyl (C=O) groups excluding carboxylic acids is 2. The number of nitrogens with one attached hydrogen (secondary N) is 1.